The van der Waals surface area contributed by atoms with Gasteiger partial charge in [-0.15, -0.1) is 0 Å². The first-order valence-corrected chi connectivity index (χ1v) is 13.9. The molecule has 208 valence electrons. The van der Waals surface area contributed by atoms with Crippen molar-refractivity contribution in [2.75, 3.05) is 26.7 Å². The smallest absolute Gasteiger partial charge is 0.320 e. The van der Waals surface area contributed by atoms with E-state index in [1.54, 1.807) is 0 Å². The molecule has 0 aliphatic heterocycles. The normalized spacial score (nSPS) is 18.7. The van der Waals surface area contributed by atoms with E-state index >= 15 is 0 Å². The van der Waals surface area contributed by atoms with Crippen LogP contribution in [0, 0.1) is 11.8 Å². The molecule has 1 atom stereocenters. The van der Waals surface area contributed by atoms with E-state index in [-0.39, 0.29) is 18.0 Å². The molecule has 0 aromatic heterocycles. The van der Waals surface area contributed by atoms with Crippen LogP contribution in [0.5, 0.6) is 0 Å². The van der Waals surface area contributed by atoms with Gasteiger partial charge in [0, 0.05) is 6.04 Å². The van der Waals surface area contributed by atoms with Gasteiger partial charge in [0.25, 0.3) is 0 Å². The molecule has 1 saturated carbocycles. The predicted octanol–water partition coefficient (Wildman–Crippen LogP) is 4.69. The van der Waals surface area contributed by atoms with Crippen LogP contribution in [-0.4, -0.2) is 60.8 Å². The van der Waals surface area contributed by atoms with E-state index in [4.69, 9.17) is 4.74 Å². The topological polar surface area (TPSA) is 90.9 Å². The van der Waals surface area contributed by atoms with Crippen LogP contribution in [-0.2, 0) is 15.1 Å². The summed E-state index contributed by atoms with van der Waals surface area (Å²) in [5.74, 6) is 0.767. The van der Waals surface area contributed by atoms with E-state index in [0.717, 1.165) is 49.8 Å². The summed E-state index contributed by atoms with van der Waals surface area (Å²) in [4.78, 5) is 26.9. The van der Waals surface area contributed by atoms with Crippen LogP contribution < -0.4 is 10.6 Å². The number of aliphatic hydroxyl groups is 1. The van der Waals surface area contributed by atoms with Crippen molar-refractivity contribution < 1.29 is 19.4 Å². The van der Waals surface area contributed by atoms with Gasteiger partial charge in [-0.05, 0) is 75.6 Å². The van der Waals surface area contributed by atoms with Crippen molar-refractivity contribution in [2.24, 2.45) is 11.8 Å². The highest BCUT2D eigenvalue weighted by atomic mass is 16.5. The number of hydrogen-bond acceptors (Lipinski definition) is 5. The molecule has 1 aliphatic rings. The molecule has 0 heterocycles. The van der Waals surface area contributed by atoms with Crippen molar-refractivity contribution in [3.63, 3.8) is 0 Å². The van der Waals surface area contributed by atoms with Crippen molar-refractivity contribution >= 4 is 12.0 Å². The fourth-order valence-corrected chi connectivity index (χ4v) is 5.18. The molecule has 38 heavy (non-hydrogen) atoms. The molecular formula is C31H45N3O4. The second-order valence-corrected chi connectivity index (χ2v) is 11.2. The minimum absolute atomic E-state index is 0.115. The Hall–Kier alpha value is -2.90. The lowest BCUT2D eigenvalue weighted by Crippen LogP contribution is -2.54. The Labute approximate surface area is 228 Å². The van der Waals surface area contributed by atoms with Gasteiger partial charge >= 0.3 is 12.0 Å². The number of nitrogens with zero attached hydrogens (tertiary/aromatic N) is 1. The number of hydrogen-bond donors (Lipinski definition) is 3. The zero-order chi connectivity index (χ0) is 27.5. The minimum Gasteiger partial charge on any atom is -0.464 e. The molecule has 1 fully saturated rings. The number of carbonyl (C=O) groups is 2. The van der Waals surface area contributed by atoms with Crippen LogP contribution in [0.15, 0.2) is 60.7 Å². The average molecular weight is 524 g/mol. The molecule has 0 bridgehead atoms. The van der Waals surface area contributed by atoms with Gasteiger partial charge in [0.2, 0.25) is 0 Å². The number of benzene rings is 2. The quantitative estimate of drug-likeness (QED) is 0.351. The van der Waals surface area contributed by atoms with E-state index in [1.165, 1.54) is 0 Å². The van der Waals surface area contributed by atoms with E-state index in [1.807, 2.05) is 93.4 Å². The first kappa shape index (κ1) is 29.7. The lowest BCUT2D eigenvalue weighted by molar-refractivity contribution is -0.145. The van der Waals surface area contributed by atoms with Crippen LogP contribution in [0.2, 0.25) is 0 Å². The van der Waals surface area contributed by atoms with E-state index in [0.29, 0.717) is 25.0 Å². The monoisotopic (exact) mass is 523 g/mol. The summed E-state index contributed by atoms with van der Waals surface area (Å²) in [7, 11) is 1.96. The molecule has 2 amide bonds. The number of carbonyl (C=O) groups excluding carboxylic acids is 2. The highest BCUT2D eigenvalue weighted by Crippen LogP contribution is 2.33. The van der Waals surface area contributed by atoms with Crippen LogP contribution in [0.3, 0.4) is 0 Å². The van der Waals surface area contributed by atoms with Crippen LogP contribution in [0.1, 0.15) is 64.0 Å². The maximum atomic E-state index is 12.9. The highest BCUT2D eigenvalue weighted by Gasteiger charge is 2.38. The summed E-state index contributed by atoms with van der Waals surface area (Å²) in [5, 5.41) is 18.0. The number of likely N-dealkylation sites (N-methyl/N-ethyl adjacent to an activating group) is 1. The SMILES string of the molecule is CC(C)COC(=O)CN(C)CCC1CCC(NC(=O)N[C@H](C)C(O)(c2ccccc2)c2ccccc2)CC1. The highest BCUT2D eigenvalue weighted by molar-refractivity contribution is 5.75. The molecule has 2 aromatic carbocycles. The third-order valence-corrected chi connectivity index (χ3v) is 7.48. The zero-order valence-electron chi connectivity index (χ0n) is 23.4. The Morgan fingerprint density at radius 2 is 1.53 bits per heavy atom. The van der Waals surface area contributed by atoms with Crippen LogP contribution in [0.25, 0.3) is 0 Å². The first-order valence-electron chi connectivity index (χ1n) is 13.9. The Morgan fingerprint density at radius 3 is 2.05 bits per heavy atom. The van der Waals surface area contributed by atoms with E-state index in [2.05, 4.69) is 10.6 Å². The van der Waals surface area contributed by atoms with Crippen molar-refractivity contribution in [1.82, 2.24) is 15.5 Å². The summed E-state index contributed by atoms with van der Waals surface area (Å²) < 4.78 is 5.27. The zero-order valence-corrected chi connectivity index (χ0v) is 23.4. The first-order chi connectivity index (χ1) is 18.2. The molecule has 1 aliphatic carbocycles. The molecule has 0 unspecified atom stereocenters. The van der Waals surface area contributed by atoms with Crippen molar-refractivity contribution in [3.05, 3.63) is 71.8 Å². The van der Waals surface area contributed by atoms with Gasteiger partial charge in [0.1, 0.15) is 5.60 Å². The van der Waals surface area contributed by atoms with Crippen molar-refractivity contribution in [2.45, 2.75) is 70.6 Å². The number of urea groups is 1. The fraction of sp³-hybridized carbons (Fsp3) is 0.548. The fourth-order valence-electron chi connectivity index (χ4n) is 5.18. The molecule has 3 N–H and O–H groups in total. The second kappa shape index (κ2) is 14.3. The molecule has 7 heteroatoms. The largest absolute Gasteiger partial charge is 0.464 e. The van der Waals surface area contributed by atoms with Crippen LogP contribution in [0.4, 0.5) is 4.79 Å². The third-order valence-electron chi connectivity index (χ3n) is 7.48. The number of ether oxygens (including phenoxy) is 1. The summed E-state index contributed by atoms with van der Waals surface area (Å²) in [5.41, 5.74) is 0.111. The van der Waals surface area contributed by atoms with E-state index < -0.39 is 11.6 Å². The van der Waals surface area contributed by atoms with Crippen molar-refractivity contribution in [1.29, 1.82) is 0 Å². The van der Waals surface area contributed by atoms with Gasteiger partial charge < -0.3 is 20.5 Å². The van der Waals surface area contributed by atoms with Gasteiger partial charge in [0.15, 0.2) is 0 Å². The summed E-state index contributed by atoms with van der Waals surface area (Å²) in [6.45, 7) is 7.54. The van der Waals surface area contributed by atoms with Gasteiger partial charge in [-0.1, -0.05) is 74.5 Å². The lowest BCUT2D eigenvalue weighted by Gasteiger charge is -2.36. The Balaban J connectivity index is 1.45. The van der Waals surface area contributed by atoms with E-state index in [9.17, 15) is 14.7 Å². The maximum absolute atomic E-state index is 12.9. The number of nitrogens with one attached hydrogen (secondary N) is 2. The average Bonchev–Trinajstić information content (AvgIpc) is 2.92. The molecule has 0 radical (unpaired) electrons. The summed E-state index contributed by atoms with van der Waals surface area (Å²) >= 11 is 0. The van der Waals surface area contributed by atoms with Gasteiger partial charge in [-0.25, -0.2) is 4.79 Å². The summed E-state index contributed by atoms with van der Waals surface area (Å²) in [6.07, 6.45) is 4.97. The standard InChI is InChI=1S/C31H45N3O4/c1-23(2)22-38-29(35)21-34(4)20-19-25-15-17-28(18-16-25)33-30(36)32-24(3)31(37,26-11-7-5-8-12-26)27-13-9-6-10-14-27/h5-14,23-25,28,37H,15-22H2,1-4H3,(H2,32,33,36)/t24-,25?,28?/m1/s1. The maximum Gasteiger partial charge on any atom is 0.320 e. The predicted molar refractivity (Wildman–Crippen MR) is 151 cm³/mol. The van der Waals surface area contributed by atoms with Gasteiger partial charge in [-0.2, -0.15) is 0 Å². The molecule has 0 saturated heterocycles. The minimum atomic E-state index is -1.36. The third kappa shape index (κ3) is 8.57. The second-order valence-electron chi connectivity index (χ2n) is 11.2. The van der Waals surface area contributed by atoms with Gasteiger partial charge in [0.05, 0.1) is 19.2 Å². The Bertz CT molecular complexity index is 951. The molecule has 3 rings (SSSR count). The van der Waals surface area contributed by atoms with Gasteiger partial charge in [-0.3, -0.25) is 9.69 Å². The molecule has 7 nitrogen and oxygen atoms in total. The van der Waals surface area contributed by atoms with Crippen LogP contribution >= 0.6 is 0 Å². The number of rotatable bonds is 12. The molecule has 0 spiro atoms. The molecular weight excluding hydrogens is 478 g/mol. The Morgan fingerprint density at radius 1 is 0.974 bits per heavy atom. The number of esters is 1. The van der Waals surface area contributed by atoms with Crippen molar-refractivity contribution in [3.8, 4) is 0 Å². The number of amides is 2. The Kier molecular flexibility index (Phi) is 11.2. The summed E-state index contributed by atoms with van der Waals surface area (Å²) in [6, 6.07) is 18.2. The molecule has 2 aromatic rings. The lowest BCUT2D eigenvalue weighted by atomic mass is 9.81.